The Bertz CT molecular complexity index is 731. The molecule has 2 saturated heterocycles. The van der Waals surface area contributed by atoms with E-state index in [1.54, 1.807) is 4.68 Å². The monoisotopic (exact) mass is 341 g/mol. The molecule has 3 fully saturated rings. The highest BCUT2D eigenvalue weighted by atomic mass is 16.7. The molecule has 2 aromatic rings. The first-order valence-corrected chi connectivity index (χ1v) is 9.10. The van der Waals surface area contributed by atoms with Crippen molar-refractivity contribution < 1.29 is 14.6 Å². The highest BCUT2D eigenvalue weighted by Gasteiger charge is 2.51. The molecule has 6 nitrogen and oxygen atoms in total. The van der Waals surface area contributed by atoms with Gasteiger partial charge in [-0.05, 0) is 18.4 Å². The number of benzene rings is 1. The number of hydrogen-bond donors (Lipinski definition) is 2. The van der Waals surface area contributed by atoms with Crippen LogP contribution in [0.15, 0.2) is 42.7 Å². The number of aliphatic hydroxyl groups is 1. The standard InChI is InChI=1S/C19H23N3O3/c23-18-16(21-14-7-4-8-14)15-11-24-19(25-15)17(18)22-10-13(9-20-22)12-5-2-1-3-6-12/h1-3,5-6,9-10,14-19,21,23H,4,7-8,11H2/t15-,16-,17-,18+,19-/m1/s1. The lowest BCUT2D eigenvalue weighted by Gasteiger charge is -2.42. The van der Waals surface area contributed by atoms with Crippen molar-refractivity contribution in [1.29, 1.82) is 0 Å². The van der Waals surface area contributed by atoms with Gasteiger partial charge in [-0.2, -0.15) is 5.10 Å². The van der Waals surface area contributed by atoms with E-state index in [2.05, 4.69) is 22.5 Å². The SMILES string of the molecule is O[C@H]1[C@H](NC2CCC2)[C@H]2CO[C@H](O2)[C@@H]1n1cc(-c2ccccc2)cn1. The highest BCUT2D eigenvalue weighted by Crippen LogP contribution is 2.37. The summed E-state index contributed by atoms with van der Waals surface area (Å²) >= 11 is 0. The lowest BCUT2D eigenvalue weighted by molar-refractivity contribution is -0.169. The van der Waals surface area contributed by atoms with Gasteiger partial charge >= 0.3 is 0 Å². The van der Waals surface area contributed by atoms with E-state index in [0.29, 0.717) is 12.6 Å². The molecule has 3 heterocycles. The number of nitrogens with one attached hydrogen (secondary N) is 1. The van der Waals surface area contributed by atoms with Crippen molar-refractivity contribution in [3.63, 3.8) is 0 Å². The van der Waals surface area contributed by atoms with Crippen molar-refractivity contribution in [1.82, 2.24) is 15.1 Å². The first-order valence-electron chi connectivity index (χ1n) is 9.10. The predicted molar refractivity (Wildman–Crippen MR) is 91.9 cm³/mol. The minimum absolute atomic E-state index is 0.0824. The molecule has 0 spiro atoms. The van der Waals surface area contributed by atoms with Crippen molar-refractivity contribution in [3.05, 3.63) is 42.7 Å². The van der Waals surface area contributed by atoms with Gasteiger partial charge in [-0.3, -0.25) is 4.68 Å². The quantitative estimate of drug-likeness (QED) is 0.886. The van der Waals surface area contributed by atoms with Gasteiger partial charge in [-0.25, -0.2) is 0 Å². The van der Waals surface area contributed by atoms with Gasteiger partial charge in [0, 0.05) is 17.8 Å². The molecule has 1 aliphatic carbocycles. The smallest absolute Gasteiger partial charge is 0.183 e. The molecule has 0 unspecified atom stereocenters. The van der Waals surface area contributed by atoms with E-state index < -0.39 is 12.4 Å². The van der Waals surface area contributed by atoms with Crippen LogP contribution in [-0.2, 0) is 9.47 Å². The topological polar surface area (TPSA) is 68.5 Å². The Hall–Kier alpha value is -1.73. The van der Waals surface area contributed by atoms with Gasteiger partial charge in [0.05, 0.1) is 24.9 Å². The van der Waals surface area contributed by atoms with E-state index in [1.165, 1.54) is 19.3 Å². The van der Waals surface area contributed by atoms with Crippen molar-refractivity contribution >= 4 is 0 Å². The van der Waals surface area contributed by atoms with Gasteiger partial charge in [-0.15, -0.1) is 0 Å². The Labute approximate surface area is 146 Å². The Morgan fingerprint density at radius 2 is 2.00 bits per heavy atom. The van der Waals surface area contributed by atoms with Gasteiger partial charge in [0.1, 0.15) is 12.1 Å². The summed E-state index contributed by atoms with van der Waals surface area (Å²) in [6.45, 7) is 0.523. The zero-order chi connectivity index (χ0) is 16.8. The average Bonchev–Trinajstić information content (AvgIpc) is 3.23. The number of nitrogens with zero attached hydrogens (tertiary/aromatic N) is 2. The first-order chi connectivity index (χ1) is 12.3. The molecule has 2 N–H and O–H groups in total. The fourth-order valence-electron chi connectivity index (χ4n) is 4.02. The van der Waals surface area contributed by atoms with Gasteiger partial charge in [0.25, 0.3) is 0 Å². The molecule has 1 aromatic carbocycles. The lowest BCUT2D eigenvalue weighted by Crippen LogP contribution is -2.60. The summed E-state index contributed by atoms with van der Waals surface area (Å²) in [5, 5.41) is 19.1. The van der Waals surface area contributed by atoms with Crippen LogP contribution in [0.2, 0.25) is 0 Å². The van der Waals surface area contributed by atoms with Gasteiger partial charge in [0.2, 0.25) is 0 Å². The number of rotatable bonds is 4. The van der Waals surface area contributed by atoms with E-state index in [9.17, 15) is 5.11 Å². The number of aliphatic hydroxyl groups excluding tert-OH is 1. The summed E-state index contributed by atoms with van der Waals surface area (Å²) in [5.41, 5.74) is 2.13. The van der Waals surface area contributed by atoms with Gasteiger partial charge in [-0.1, -0.05) is 36.8 Å². The maximum atomic E-state index is 11.0. The van der Waals surface area contributed by atoms with E-state index in [4.69, 9.17) is 9.47 Å². The van der Waals surface area contributed by atoms with E-state index >= 15 is 0 Å². The summed E-state index contributed by atoms with van der Waals surface area (Å²) in [7, 11) is 0. The van der Waals surface area contributed by atoms with Crippen LogP contribution in [0.25, 0.3) is 11.1 Å². The second-order valence-corrected chi connectivity index (χ2v) is 7.25. The molecule has 0 radical (unpaired) electrons. The molecule has 25 heavy (non-hydrogen) atoms. The number of aromatic nitrogens is 2. The van der Waals surface area contributed by atoms with Crippen molar-refractivity contribution in [2.75, 3.05) is 6.61 Å². The molecule has 1 saturated carbocycles. The molecule has 2 aliphatic heterocycles. The zero-order valence-corrected chi connectivity index (χ0v) is 14.0. The minimum Gasteiger partial charge on any atom is -0.389 e. The third-order valence-corrected chi connectivity index (χ3v) is 5.68. The van der Waals surface area contributed by atoms with E-state index in [-0.39, 0.29) is 18.2 Å². The van der Waals surface area contributed by atoms with E-state index in [1.807, 2.05) is 30.6 Å². The van der Waals surface area contributed by atoms with Crippen molar-refractivity contribution in [3.8, 4) is 11.1 Å². The second kappa shape index (κ2) is 6.21. The van der Waals surface area contributed by atoms with Crippen LogP contribution >= 0.6 is 0 Å². The van der Waals surface area contributed by atoms with Crippen LogP contribution < -0.4 is 5.32 Å². The van der Waals surface area contributed by atoms with Crippen molar-refractivity contribution in [2.45, 2.75) is 55.9 Å². The Morgan fingerprint density at radius 1 is 1.16 bits per heavy atom. The number of ether oxygens (including phenoxy) is 2. The summed E-state index contributed by atoms with van der Waals surface area (Å²) in [6.07, 6.45) is 6.29. The van der Waals surface area contributed by atoms with Crippen LogP contribution in [-0.4, -0.2) is 52.1 Å². The summed E-state index contributed by atoms with van der Waals surface area (Å²) in [5.74, 6) is 0. The molecule has 2 bridgehead atoms. The average molecular weight is 341 g/mol. The first kappa shape index (κ1) is 15.5. The lowest BCUT2D eigenvalue weighted by atomic mass is 9.89. The molecule has 5 rings (SSSR count). The van der Waals surface area contributed by atoms with Gasteiger partial charge < -0.3 is 19.9 Å². The third kappa shape index (κ3) is 2.69. The van der Waals surface area contributed by atoms with E-state index in [0.717, 1.165) is 11.1 Å². The van der Waals surface area contributed by atoms with Crippen LogP contribution in [0.3, 0.4) is 0 Å². The molecule has 6 heteroatoms. The number of hydrogen-bond acceptors (Lipinski definition) is 5. The maximum Gasteiger partial charge on any atom is 0.183 e. The van der Waals surface area contributed by atoms with Crippen LogP contribution in [0.5, 0.6) is 0 Å². The molecular formula is C19H23N3O3. The van der Waals surface area contributed by atoms with Crippen molar-refractivity contribution in [2.24, 2.45) is 0 Å². The Kier molecular flexibility index (Phi) is 3.86. The molecule has 3 aliphatic rings. The largest absolute Gasteiger partial charge is 0.389 e. The second-order valence-electron chi connectivity index (χ2n) is 7.25. The predicted octanol–water partition coefficient (Wildman–Crippen LogP) is 1.72. The summed E-state index contributed by atoms with van der Waals surface area (Å²) in [6, 6.07) is 10.2. The molecule has 132 valence electrons. The Morgan fingerprint density at radius 3 is 2.76 bits per heavy atom. The van der Waals surface area contributed by atoms with Crippen LogP contribution in [0.1, 0.15) is 25.3 Å². The zero-order valence-electron chi connectivity index (χ0n) is 14.0. The maximum absolute atomic E-state index is 11.0. The van der Waals surface area contributed by atoms with Gasteiger partial charge in [0.15, 0.2) is 6.29 Å². The fourth-order valence-corrected chi connectivity index (χ4v) is 4.02. The fraction of sp³-hybridized carbons (Fsp3) is 0.526. The molecule has 5 atom stereocenters. The summed E-state index contributed by atoms with van der Waals surface area (Å²) in [4.78, 5) is 0. The highest BCUT2D eigenvalue weighted by molar-refractivity contribution is 5.61. The summed E-state index contributed by atoms with van der Waals surface area (Å²) < 4.78 is 13.6. The molecular weight excluding hydrogens is 318 g/mol. The molecule has 1 aromatic heterocycles. The molecule has 0 amide bonds. The van der Waals surface area contributed by atoms with Crippen LogP contribution in [0, 0.1) is 0 Å². The normalized spacial score (nSPS) is 34.8. The number of fused-ring (bicyclic) bond motifs is 2. The van der Waals surface area contributed by atoms with Crippen LogP contribution in [0.4, 0.5) is 0 Å². The minimum atomic E-state index is -0.588. The third-order valence-electron chi connectivity index (χ3n) is 5.68. The Balaban J connectivity index is 1.41.